The zero-order valence-corrected chi connectivity index (χ0v) is 26.6. The second-order valence-corrected chi connectivity index (χ2v) is 11.2. The molecule has 0 spiro atoms. The van der Waals surface area contributed by atoms with E-state index in [0.29, 0.717) is 0 Å². The molecule has 0 aromatic heterocycles. The maximum absolute atomic E-state index is 10.9. The largest absolute Gasteiger partial charge is 1.00 e. The molecular weight excluding hydrogens is 467 g/mol. The minimum absolute atomic E-state index is 0. The normalized spacial score (nSPS) is 12.8. The SMILES string of the molecule is CCCCCCCCCC/C=C/C(CCCCCCCCCCCCCCC)COS(=O)(=O)[O-].[Na+]. The van der Waals surface area contributed by atoms with E-state index in [1.807, 2.05) is 0 Å². The summed E-state index contributed by atoms with van der Waals surface area (Å²) in [6, 6.07) is 0. The first-order valence-corrected chi connectivity index (χ1v) is 16.1. The molecule has 4 nitrogen and oxygen atoms in total. The van der Waals surface area contributed by atoms with E-state index in [9.17, 15) is 13.0 Å². The third-order valence-electron chi connectivity index (χ3n) is 6.74. The van der Waals surface area contributed by atoms with Crippen LogP contribution in [0.4, 0.5) is 0 Å². The molecule has 0 radical (unpaired) electrons. The van der Waals surface area contributed by atoms with Crippen molar-refractivity contribution in [1.82, 2.24) is 0 Å². The Labute approximate surface area is 242 Å². The van der Waals surface area contributed by atoms with Gasteiger partial charge in [-0.3, -0.25) is 4.18 Å². The summed E-state index contributed by atoms with van der Waals surface area (Å²) in [5.74, 6) is 0.0190. The summed E-state index contributed by atoms with van der Waals surface area (Å²) in [6.07, 6.45) is 33.7. The van der Waals surface area contributed by atoms with Gasteiger partial charge in [0.2, 0.25) is 10.4 Å². The van der Waals surface area contributed by atoms with E-state index in [1.165, 1.54) is 128 Å². The molecule has 0 aromatic carbocycles. The fourth-order valence-corrected chi connectivity index (χ4v) is 4.86. The van der Waals surface area contributed by atoms with Gasteiger partial charge in [0.1, 0.15) is 0 Å². The van der Waals surface area contributed by atoms with Crippen LogP contribution in [0.3, 0.4) is 0 Å². The summed E-state index contributed by atoms with van der Waals surface area (Å²) in [4.78, 5) is 0. The molecule has 1 atom stereocenters. The second-order valence-electron chi connectivity index (χ2n) is 10.2. The summed E-state index contributed by atoms with van der Waals surface area (Å²) in [5, 5.41) is 0. The van der Waals surface area contributed by atoms with Gasteiger partial charge in [0.25, 0.3) is 0 Å². The smallest absolute Gasteiger partial charge is 0.726 e. The number of hydrogen-bond donors (Lipinski definition) is 0. The average molecular weight is 525 g/mol. The Bertz CT molecular complexity index is 537. The van der Waals surface area contributed by atoms with Crippen LogP contribution in [0.1, 0.15) is 162 Å². The van der Waals surface area contributed by atoms with Crippen molar-refractivity contribution in [3.05, 3.63) is 12.2 Å². The van der Waals surface area contributed by atoms with Gasteiger partial charge < -0.3 is 4.55 Å². The van der Waals surface area contributed by atoms with E-state index in [-0.39, 0.29) is 42.1 Å². The summed E-state index contributed by atoms with van der Waals surface area (Å²) >= 11 is 0. The molecule has 0 heterocycles. The van der Waals surface area contributed by atoms with Crippen molar-refractivity contribution in [2.45, 2.75) is 162 Å². The van der Waals surface area contributed by atoms with Crippen molar-refractivity contribution in [2.75, 3.05) is 6.61 Å². The summed E-state index contributed by atoms with van der Waals surface area (Å²) < 4.78 is 37.2. The van der Waals surface area contributed by atoms with Gasteiger partial charge in [-0.1, -0.05) is 154 Å². The number of allylic oxidation sites excluding steroid dienone is 1. The van der Waals surface area contributed by atoms with Crippen LogP contribution in [-0.4, -0.2) is 19.6 Å². The predicted molar refractivity (Wildman–Crippen MR) is 146 cm³/mol. The van der Waals surface area contributed by atoms with Crippen molar-refractivity contribution in [3.63, 3.8) is 0 Å². The number of unbranched alkanes of at least 4 members (excludes halogenated alkanes) is 20. The van der Waals surface area contributed by atoms with Crippen LogP contribution in [-0.2, 0) is 14.6 Å². The molecule has 0 aliphatic heterocycles. The molecule has 1 unspecified atom stereocenters. The molecule has 0 amide bonds. The van der Waals surface area contributed by atoms with E-state index < -0.39 is 10.4 Å². The Morgan fingerprint density at radius 2 is 1.00 bits per heavy atom. The summed E-state index contributed by atoms with van der Waals surface area (Å²) in [5.41, 5.74) is 0. The molecule has 0 saturated heterocycles. The molecule has 0 aliphatic carbocycles. The Hall–Kier alpha value is 0.610. The van der Waals surface area contributed by atoms with Gasteiger partial charge >= 0.3 is 29.6 Å². The third kappa shape index (κ3) is 32.6. The first-order valence-electron chi connectivity index (χ1n) is 14.8. The van der Waals surface area contributed by atoms with E-state index in [2.05, 4.69) is 30.2 Å². The van der Waals surface area contributed by atoms with Crippen molar-refractivity contribution in [3.8, 4) is 0 Å². The Kier molecular flexibility index (Phi) is 31.5. The van der Waals surface area contributed by atoms with Gasteiger partial charge in [0.15, 0.2) is 0 Å². The molecule has 0 aliphatic rings. The Morgan fingerprint density at radius 3 is 1.40 bits per heavy atom. The maximum atomic E-state index is 10.9. The minimum Gasteiger partial charge on any atom is -0.726 e. The van der Waals surface area contributed by atoms with Crippen molar-refractivity contribution in [1.29, 1.82) is 0 Å². The fraction of sp³-hybridized carbons (Fsp3) is 0.931. The van der Waals surface area contributed by atoms with Crippen LogP contribution < -0.4 is 29.6 Å². The van der Waals surface area contributed by atoms with Crippen LogP contribution >= 0.6 is 0 Å². The van der Waals surface area contributed by atoms with E-state index in [1.54, 1.807) is 0 Å². The molecule has 204 valence electrons. The van der Waals surface area contributed by atoms with Crippen molar-refractivity contribution in [2.24, 2.45) is 5.92 Å². The fourth-order valence-electron chi connectivity index (χ4n) is 4.51. The topological polar surface area (TPSA) is 66.4 Å². The maximum Gasteiger partial charge on any atom is 1.00 e. The van der Waals surface area contributed by atoms with Crippen LogP contribution in [0.25, 0.3) is 0 Å². The van der Waals surface area contributed by atoms with Crippen molar-refractivity contribution >= 4 is 10.4 Å². The molecule has 0 aromatic rings. The molecule has 0 bridgehead atoms. The van der Waals surface area contributed by atoms with Crippen LogP contribution in [0.15, 0.2) is 12.2 Å². The molecule has 0 N–H and O–H groups in total. The van der Waals surface area contributed by atoms with E-state index >= 15 is 0 Å². The summed E-state index contributed by atoms with van der Waals surface area (Å²) in [6.45, 7) is 4.49. The minimum atomic E-state index is -4.61. The Morgan fingerprint density at radius 1 is 0.629 bits per heavy atom. The van der Waals surface area contributed by atoms with Crippen molar-refractivity contribution < 1.29 is 46.7 Å². The van der Waals surface area contributed by atoms with Crippen LogP contribution in [0.2, 0.25) is 0 Å². The molecule has 0 rings (SSSR count). The van der Waals surface area contributed by atoms with Gasteiger partial charge in [-0.25, -0.2) is 8.42 Å². The quantitative estimate of drug-likeness (QED) is 0.0397. The monoisotopic (exact) mass is 524 g/mol. The van der Waals surface area contributed by atoms with E-state index in [0.717, 1.165) is 19.3 Å². The molecule has 6 heteroatoms. The average Bonchev–Trinajstić information content (AvgIpc) is 2.80. The molecule has 35 heavy (non-hydrogen) atoms. The second kappa shape index (κ2) is 29.2. The molecule has 0 fully saturated rings. The van der Waals surface area contributed by atoms with Gasteiger partial charge in [-0.2, -0.15) is 0 Å². The number of rotatable bonds is 27. The number of hydrogen-bond acceptors (Lipinski definition) is 4. The first-order chi connectivity index (χ1) is 16.5. The summed E-state index contributed by atoms with van der Waals surface area (Å²) in [7, 11) is -4.61. The molecular formula is C29H57NaO4S. The molecule has 0 saturated carbocycles. The van der Waals surface area contributed by atoms with Gasteiger partial charge in [0.05, 0.1) is 6.61 Å². The van der Waals surface area contributed by atoms with Crippen LogP contribution in [0.5, 0.6) is 0 Å². The predicted octanol–water partition coefficient (Wildman–Crippen LogP) is 6.65. The zero-order chi connectivity index (χ0) is 25.2. The van der Waals surface area contributed by atoms with E-state index in [4.69, 9.17) is 0 Å². The Balaban J connectivity index is 0. The van der Waals surface area contributed by atoms with Gasteiger partial charge in [-0.15, -0.1) is 0 Å². The van der Waals surface area contributed by atoms with Gasteiger partial charge in [-0.05, 0) is 19.3 Å². The first kappa shape index (κ1) is 37.8. The van der Waals surface area contributed by atoms with Gasteiger partial charge in [0, 0.05) is 5.92 Å². The zero-order valence-electron chi connectivity index (χ0n) is 23.7. The van der Waals surface area contributed by atoms with Crippen LogP contribution in [0, 0.1) is 5.92 Å². The standard InChI is InChI=1S/C29H58O4S.Na/c1-3-5-7-9-11-13-15-16-17-19-21-23-25-27-29(28-33-34(30,31)32)26-24-22-20-18-14-12-10-8-6-4-2;/h24,26,29H,3-23,25,27-28H2,1-2H3,(H,30,31,32);/q;+1/p-1/b26-24+;. The third-order valence-corrected chi connectivity index (χ3v) is 7.16.